The lowest BCUT2D eigenvalue weighted by atomic mass is 10.1. The summed E-state index contributed by atoms with van der Waals surface area (Å²) < 4.78 is 5.73. The molecule has 2 aromatic heterocycles. The minimum atomic E-state index is -0.444. The molecule has 2 heterocycles. The van der Waals surface area contributed by atoms with Crippen molar-refractivity contribution in [3.63, 3.8) is 0 Å². The number of benzene rings is 1. The zero-order valence-electron chi connectivity index (χ0n) is 12.5. The highest BCUT2D eigenvalue weighted by atomic mass is 32.2. The summed E-state index contributed by atoms with van der Waals surface area (Å²) in [4.78, 5) is 12.7. The molecule has 1 amide bonds. The van der Waals surface area contributed by atoms with Crippen LogP contribution in [-0.4, -0.2) is 21.3 Å². The van der Waals surface area contributed by atoms with Crippen molar-refractivity contribution in [1.29, 1.82) is 0 Å². The van der Waals surface area contributed by atoms with Crippen molar-refractivity contribution in [1.82, 2.24) is 15.4 Å². The second-order valence-corrected chi connectivity index (χ2v) is 7.34. The van der Waals surface area contributed by atoms with E-state index in [1.807, 2.05) is 37.3 Å². The molecule has 0 saturated carbocycles. The molecule has 3 aromatic rings. The molecule has 0 radical (unpaired) electrons. The Balaban J connectivity index is 1.83. The highest BCUT2D eigenvalue weighted by Gasteiger charge is 2.24. The fourth-order valence-electron chi connectivity index (χ4n) is 1.94. The molecule has 118 valence electrons. The number of carbonyl (C=O) groups excluding carboxylic acids is 1. The van der Waals surface area contributed by atoms with E-state index in [0.29, 0.717) is 11.6 Å². The van der Waals surface area contributed by atoms with Crippen LogP contribution in [0.15, 0.2) is 45.3 Å². The van der Waals surface area contributed by atoms with Crippen LogP contribution in [0.1, 0.15) is 21.6 Å². The fourth-order valence-corrected chi connectivity index (χ4v) is 3.95. The van der Waals surface area contributed by atoms with Gasteiger partial charge in [0, 0.05) is 6.07 Å². The van der Waals surface area contributed by atoms with Gasteiger partial charge < -0.3 is 9.84 Å². The van der Waals surface area contributed by atoms with Gasteiger partial charge in [-0.05, 0) is 19.4 Å². The molecule has 1 N–H and O–H groups in total. The van der Waals surface area contributed by atoms with E-state index in [1.165, 1.54) is 23.1 Å². The van der Waals surface area contributed by atoms with E-state index >= 15 is 0 Å². The summed E-state index contributed by atoms with van der Waals surface area (Å²) >= 11 is 2.84. The van der Waals surface area contributed by atoms with Crippen LogP contribution in [0, 0.1) is 13.8 Å². The summed E-state index contributed by atoms with van der Waals surface area (Å²) in [5, 5.41) is 15.1. The number of rotatable bonds is 5. The lowest BCUT2D eigenvalue weighted by Gasteiger charge is -2.14. The molecule has 6 nitrogen and oxygen atoms in total. The maximum absolute atomic E-state index is 12.7. The van der Waals surface area contributed by atoms with Crippen LogP contribution in [0.3, 0.4) is 0 Å². The molecule has 0 aliphatic rings. The Morgan fingerprint density at radius 2 is 2.04 bits per heavy atom. The van der Waals surface area contributed by atoms with Gasteiger partial charge in [0.2, 0.25) is 5.91 Å². The Morgan fingerprint density at radius 1 is 1.26 bits per heavy atom. The number of amides is 1. The first-order valence-electron chi connectivity index (χ1n) is 6.88. The Labute approximate surface area is 141 Å². The standard InChI is InChI=1S/C15H14N4O2S2/c1-9-8-12(19-21-9)16-14(20)13(11-6-4-3-5-7-11)23-15-18-17-10(2)22-15/h3-8,13H,1-2H3,(H,16,19,20)/t13-/m1/s1. The largest absolute Gasteiger partial charge is 0.360 e. The zero-order valence-corrected chi connectivity index (χ0v) is 14.1. The summed E-state index contributed by atoms with van der Waals surface area (Å²) in [7, 11) is 0. The molecule has 23 heavy (non-hydrogen) atoms. The molecule has 0 saturated heterocycles. The van der Waals surface area contributed by atoms with Crippen molar-refractivity contribution in [2.45, 2.75) is 23.4 Å². The summed E-state index contributed by atoms with van der Waals surface area (Å²) in [5.41, 5.74) is 0.892. The quantitative estimate of drug-likeness (QED) is 0.711. The molecule has 0 bridgehead atoms. The lowest BCUT2D eigenvalue weighted by molar-refractivity contribution is -0.115. The molecule has 0 aliphatic carbocycles. The maximum atomic E-state index is 12.7. The van der Waals surface area contributed by atoms with Crippen LogP contribution >= 0.6 is 23.1 Å². The minimum absolute atomic E-state index is 0.178. The first kappa shape index (κ1) is 15.7. The number of aryl methyl sites for hydroxylation is 2. The van der Waals surface area contributed by atoms with Crippen LogP contribution in [-0.2, 0) is 4.79 Å². The Morgan fingerprint density at radius 3 is 2.65 bits per heavy atom. The van der Waals surface area contributed by atoms with Gasteiger partial charge in [0.1, 0.15) is 16.0 Å². The Bertz CT molecular complexity index is 801. The topological polar surface area (TPSA) is 80.9 Å². The normalized spacial score (nSPS) is 12.1. The summed E-state index contributed by atoms with van der Waals surface area (Å²) in [6, 6.07) is 11.2. The highest BCUT2D eigenvalue weighted by Crippen LogP contribution is 2.37. The van der Waals surface area contributed by atoms with E-state index in [9.17, 15) is 4.79 Å². The van der Waals surface area contributed by atoms with Crippen molar-refractivity contribution in [2.75, 3.05) is 5.32 Å². The van der Waals surface area contributed by atoms with E-state index in [4.69, 9.17) is 4.52 Å². The average Bonchev–Trinajstić information content (AvgIpc) is 3.14. The second kappa shape index (κ2) is 6.93. The Kier molecular flexibility index (Phi) is 4.73. The van der Waals surface area contributed by atoms with Gasteiger partial charge in [-0.3, -0.25) is 4.79 Å². The van der Waals surface area contributed by atoms with Crippen molar-refractivity contribution in [3.8, 4) is 0 Å². The van der Waals surface area contributed by atoms with Gasteiger partial charge in [-0.15, -0.1) is 10.2 Å². The lowest BCUT2D eigenvalue weighted by Crippen LogP contribution is -2.19. The molecule has 1 atom stereocenters. The molecule has 3 rings (SSSR count). The predicted molar refractivity (Wildman–Crippen MR) is 89.6 cm³/mol. The summed E-state index contributed by atoms with van der Waals surface area (Å²) in [5.74, 6) is 0.869. The third kappa shape index (κ3) is 3.96. The summed E-state index contributed by atoms with van der Waals surface area (Å²) in [6.45, 7) is 3.66. The van der Waals surface area contributed by atoms with E-state index in [2.05, 4.69) is 20.7 Å². The van der Waals surface area contributed by atoms with Gasteiger partial charge >= 0.3 is 0 Å². The third-order valence-corrected chi connectivity index (χ3v) is 5.12. The SMILES string of the molecule is Cc1cc(NC(=O)[C@H](Sc2nnc(C)s2)c2ccccc2)no1. The molecule has 1 aromatic carbocycles. The van der Waals surface area contributed by atoms with Gasteiger partial charge in [-0.2, -0.15) is 0 Å². The van der Waals surface area contributed by atoms with Gasteiger partial charge in [-0.25, -0.2) is 0 Å². The van der Waals surface area contributed by atoms with Crippen molar-refractivity contribution >= 4 is 34.8 Å². The molecule has 0 spiro atoms. The highest BCUT2D eigenvalue weighted by molar-refractivity contribution is 8.01. The monoisotopic (exact) mass is 346 g/mol. The number of hydrogen-bond acceptors (Lipinski definition) is 7. The van der Waals surface area contributed by atoms with Gasteiger partial charge in [0.25, 0.3) is 0 Å². The van der Waals surface area contributed by atoms with Crippen molar-refractivity contribution in [3.05, 3.63) is 52.7 Å². The second-order valence-electron chi connectivity index (χ2n) is 4.81. The first-order valence-corrected chi connectivity index (χ1v) is 8.57. The molecule has 0 unspecified atom stereocenters. The van der Waals surface area contributed by atoms with Crippen LogP contribution < -0.4 is 5.32 Å². The zero-order chi connectivity index (χ0) is 16.2. The van der Waals surface area contributed by atoms with Crippen LogP contribution in [0.4, 0.5) is 5.82 Å². The number of anilines is 1. The number of aromatic nitrogens is 3. The molecule has 0 fully saturated rings. The first-order chi connectivity index (χ1) is 11.1. The number of hydrogen-bond donors (Lipinski definition) is 1. The number of nitrogens with one attached hydrogen (secondary N) is 1. The molecule has 8 heteroatoms. The van der Waals surface area contributed by atoms with Crippen LogP contribution in [0.25, 0.3) is 0 Å². The minimum Gasteiger partial charge on any atom is -0.360 e. The van der Waals surface area contributed by atoms with Gasteiger partial charge in [-0.1, -0.05) is 58.6 Å². The molecule has 0 aliphatic heterocycles. The van der Waals surface area contributed by atoms with Gasteiger partial charge in [0.05, 0.1) is 0 Å². The smallest absolute Gasteiger partial charge is 0.243 e. The third-order valence-electron chi connectivity index (χ3n) is 2.95. The van der Waals surface area contributed by atoms with E-state index in [1.54, 1.807) is 13.0 Å². The van der Waals surface area contributed by atoms with Crippen molar-refractivity contribution in [2.24, 2.45) is 0 Å². The molecular formula is C15H14N4O2S2. The Hall–Kier alpha value is -2.19. The number of thioether (sulfide) groups is 1. The van der Waals surface area contributed by atoms with E-state index in [0.717, 1.165) is 14.9 Å². The van der Waals surface area contributed by atoms with Crippen LogP contribution in [0.5, 0.6) is 0 Å². The summed E-state index contributed by atoms with van der Waals surface area (Å²) in [6.07, 6.45) is 0. The van der Waals surface area contributed by atoms with E-state index in [-0.39, 0.29) is 5.91 Å². The predicted octanol–water partition coefficient (Wildman–Crippen LogP) is 3.62. The fraction of sp³-hybridized carbons (Fsp3) is 0.200. The average molecular weight is 346 g/mol. The maximum Gasteiger partial charge on any atom is 0.243 e. The number of nitrogens with zero attached hydrogens (tertiary/aromatic N) is 3. The van der Waals surface area contributed by atoms with Gasteiger partial charge in [0.15, 0.2) is 10.2 Å². The van der Waals surface area contributed by atoms with Crippen molar-refractivity contribution < 1.29 is 9.32 Å². The van der Waals surface area contributed by atoms with Crippen LogP contribution in [0.2, 0.25) is 0 Å². The molecular weight excluding hydrogens is 332 g/mol. The number of carbonyl (C=O) groups is 1. The van der Waals surface area contributed by atoms with E-state index < -0.39 is 5.25 Å².